The van der Waals surface area contributed by atoms with Gasteiger partial charge in [0.05, 0.1) is 0 Å². The molecule has 0 aromatic heterocycles. The number of hydrogen-bond donors (Lipinski definition) is 1. The molecule has 4 heteroatoms. The minimum absolute atomic E-state index is 0.195. The van der Waals surface area contributed by atoms with E-state index in [1.54, 1.807) is 0 Å². The van der Waals surface area contributed by atoms with Gasteiger partial charge in [-0.15, -0.1) is 0 Å². The largest absolute Gasteiger partial charge is 0.444 e. The van der Waals surface area contributed by atoms with Crippen molar-refractivity contribution >= 4 is 6.09 Å². The van der Waals surface area contributed by atoms with Gasteiger partial charge in [-0.05, 0) is 51.6 Å². The number of likely N-dealkylation sites (tertiary alicyclic amines) is 1. The normalized spacial score (nSPS) is 19.7. The first-order valence-corrected chi connectivity index (χ1v) is 8.61. The zero-order valence-corrected chi connectivity index (χ0v) is 14.8. The lowest BCUT2D eigenvalue weighted by Crippen LogP contribution is -2.38. The van der Waals surface area contributed by atoms with Crippen LogP contribution in [0.15, 0.2) is 30.3 Å². The molecule has 1 aliphatic rings. The third-order valence-corrected chi connectivity index (χ3v) is 4.22. The molecule has 1 aromatic carbocycles. The summed E-state index contributed by atoms with van der Waals surface area (Å²) in [6.45, 7) is 10.5. The van der Waals surface area contributed by atoms with Crippen LogP contribution in [0, 0.1) is 0 Å². The maximum absolute atomic E-state index is 12.0. The first kappa shape index (κ1) is 17.8. The topological polar surface area (TPSA) is 41.6 Å². The molecular formula is C19H30N2O2. The highest BCUT2D eigenvalue weighted by Gasteiger charge is 2.29. The summed E-state index contributed by atoms with van der Waals surface area (Å²) in [5, 5.41) is 3.58. The molecule has 0 spiro atoms. The lowest BCUT2D eigenvalue weighted by atomic mass is 9.98. The van der Waals surface area contributed by atoms with Gasteiger partial charge in [0.2, 0.25) is 0 Å². The molecule has 1 fully saturated rings. The summed E-state index contributed by atoms with van der Waals surface area (Å²) in [5.41, 5.74) is 0.962. The molecule has 2 atom stereocenters. The van der Waals surface area contributed by atoms with Crippen molar-refractivity contribution in [3.05, 3.63) is 35.9 Å². The molecule has 0 aliphatic carbocycles. The predicted octanol–water partition coefficient (Wildman–Crippen LogP) is 3.78. The Balaban J connectivity index is 1.69. The average Bonchev–Trinajstić information content (AvgIpc) is 2.95. The Hall–Kier alpha value is -1.55. The second kappa shape index (κ2) is 7.82. The molecule has 128 valence electrons. The van der Waals surface area contributed by atoms with E-state index in [-0.39, 0.29) is 6.09 Å². The van der Waals surface area contributed by atoms with Gasteiger partial charge < -0.3 is 15.0 Å². The Morgan fingerprint density at radius 2 is 2.04 bits per heavy atom. The van der Waals surface area contributed by atoms with Crippen LogP contribution in [0.3, 0.4) is 0 Å². The van der Waals surface area contributed by atoms with Crippen LogP contribution in [0.25, 0.3) is 0 Å². The highest BCUT2D eigenvalue weighted by Crippen LogP contribution is 2.19. The van der Waals surface area contributed by atoms with Crippen molar-refractivity contribution in [3.8, 4) is 0 Å². The van der Waals surface area contributed by atoms with Crippen LogP contribution >= 0.6 is 0 Å². The molecule has 2 rings (SSSR count). The lowest BCUT2D eigenvalue weighted by molar-refractivity contribution is 0.0291. The van der Waals surface area contributed by atoms with Crippen molar-refractivity contribution in [1.82, 2.24) is 10.2 Å². The van der Waals surface area contributed by atoms with Crippen LogP contribution in [0.1, 0.15) is 52.0 Å². The molecule has 1 aliphatic heterocycles. The van der Waals surface area contributed by atoms with Gasteiger partial charge in [0.25, 0.3) is 0 Å². The Bertz CT molecular complexity index is 496. The number of nitrogens with zero attached hydrogens (tertiary/aromatic N) is 1. The third-order valence-electron chi connectivity index (χ3n) is 4.22. The molecule has 0 bridgehead atoms. The molecule has 1 N–H and O–H groups in total. The van der Waals surface area contributed by atoms with Gasteiger partial charge in [-0.25, -0.2) is 4.79 Å². The third kappa shape index (κ3) is 5.87. The lowest BCUT2D eigenvalue weighted by Gasteiger charge is -2.24. The Morgan fingerprint density at radius 1 is 1.35 bits per heavy atom. The number of rotatable bonds is 5. The maximum atomic E-state index is 12.0. The van der Waals surface area contributed by atoms with Crippen LogP contribution in [0.4, 0.5) is 4.79 Å². The number of hydrogen-bond acceptors (Lipinski definition) is 3. The van der Waals surface area contributed by atoms with Crippen molar-refractivity contribution in [2.24, 2.45) is 0 Å². The monoisotopic (exact) mass is 318 g/mol. The summed E-state index contributed by atoms with van der Waals surface area (Å²) < 4.78 is 5.43. The Morgan fingerprint density at radius 3 is 2.70 bits per heavy atom. The molecule has 0 radical (unpaired) electrons. The van der Waals surface area contributed by atoms with Crippen molar-refractivity contribution in [2.75, 3.05) is 19.6 Å². The van der Waals surface area contributed by atoms with E-state index in [1.165, 1.54) is 5.56 Å². The molecule has 0 saturated carbocycles. The Labute approximate surface area is 140 Å². The second-order valence-electron chi connectivity index (χ2n) is 7.47. The van der Waals surface area contributed by atoms with Gasteiger partial charge >= 0.3 is 6.09 Å². The van der Waals surface area contributed by atoms with Crippen molar-refractivity contribution in [1.29, 1.82) is 0 Å². The van der Waals surface area contributed by atoms with Crippen LogP contribution in [0.2, 0.25) is 0 Å². The van der Waals surface area contributed by atoms with Crippen LogP contribution in [-0.4, -0.2) is 42.3 Å². The van der Waals surface area contributed by atoms with Crippen LogP contribution < -0.4 is 5.32 Å². The number of benzene rings is 1. The van der Waals surface area contributed by atoms with Crippen molar-refractivity contribution in [2.45, 2.75) is 58.1 Å². The van der Waals surface area contributed by atoms with Gasteiger partial charge in [0.15, 0.2) is 0 Å². The maximum Gasteiger partial charge on any atom is 0.410 e. The van der Waals surface area contributed by atoms with E-state index in [1.807, 2.05) is 25.7 Å². The molecule has 4 nitrogen and oxygen atoms in total. The molecule has 23 heavy (non-hydrogen) atoms. The fourth-order valence-corrected chi connectivity index (χ4v) is 2.87. The molecule has 1 saturated heterocycles. The number of ether oxygens (including phenoxy) is 1. The smallest absolute Gasteiger partial charge is 0.410 e. The standard InChI is InChI=1S/C19H30N2O2/c1-15(16-8-6-5-7-9-16)10-12-20-17-11-13-21(14-17)18(22)23-19(2,3)4/h5-9,15,17,20H,10-14H2,1-4H3. The van der Waals surface area contributed by atoms with E-state index in [0.29, 0.717) is 12.0 Å². The van der Waals surface area contributed by atoms with Gasteiger partial charge in [-0.1, -0.05) is 37.3 Å². The first-order chi connectivity index (χ1) is 10.8. The predicted molar refractivity (Wildman–Crippen MR) is 93.7 cm³/mol. The van der Waals surface area contributed by atoms with Crippen molar-refractivity contribution < 1.29 is 9.53 Å². The number of amides is 1. The number of carbonyl (C=O) groups is 1. The molecule has 1 amide bonds. The van der Waals surface area contributed by atoms with E-state index < -0.39 is 5.60 Å². The SMILES string of the molecule is CC(CCNC1CCN(C(=O)OC(C)(C)C)C1)c1ccccc1. The summed E-state index contributed by atoms with van der Waals surface area (Å²) in [4.78, 5) is 13.9. The average molecular weight is 318 g/mol. The summed E-state index contributed by atoms with van der Waals surface area (Å²) in [7, 11) is 0. The summed E-state index contributed by atoms with van der Waals surface area (Å²) in [6, 6.07) is 11.0. The van der Waals surface area contributed by atoms with E-state index in [4.69, 9.17) is 4.74 Å². The minimum atomic E-state index is -0.423. The summed E-state index contributed by atoms with van der Waals surface area (Å²) in [6.07, 6.45) is 1.91. The zero-order valence-electron chi connectivity index (χ0n) is 14.8. The van der Waals surface area contributed by atoms with E-state index in [0.717, 1.165) is 32.5 Å². The quantitative estimate of drug-likeness (QED) is 0.898. The number of nitrogens with one attached hydrogen (secondary N) is 1. The molecule has 1 aromatic rings. The fourth-order valence-electron chi connectivity index (χ4n) is 2.87. The van der Waals surface area contributed by atoms with E-state index in [2.05, 4.69) is 42.6 Å². The molecular weight excluding hydrogens is 288 g/mol. The highest BCUT2D eigenvalue weighted by atomic mass is 16.6. The van der Waals surface area contributed by atoms with Crippen LogP contribution in [0.5, 0.6) is 0 Å². The number of carbonyl (C=O) groups excluding carboxylic acids is 1. The highest BCUT2D eigenvalue weighted by molar-refractivity contribution is 5.68. The van der Waals surface area contributed by atoms with E-state index in [9.17, 15) is 4.79 Å². The first-order valence-electron chi connectivity index (χ1n) is 8.61. The fraction of sp³-hybridized carbons (Fsp3) is 0.632. The summed E-state index contributed by atoms with van der Waals surface area (Å²) in [5.74, 6) is 0.548. The van der Waals surface area contributed by atoms with Crippen LogP contribution in [-0.2, 0) is 4.74 Å². The van der Waals surface area contributed by atoms with Gasteiger partial charge in [0.1, 0.15) is 5.60 Å². The van der Waals surface area contributed by atoms with Gasteiger partial charge in [0, 0.05) is 19.1 Å². The molecule has 1 heterocycles. The summed E-state index contributed by atoms with van der Waals surface area (Å²) >= 11 is 0. The van der Waals surface area contributed by atoms with Crippen molar-refractivity contribution in [3.63, 3.8) is 0 Å². The van der Waals surface area contributed by atoms with E-state index >= 15 is 0 Å². The second-order valence-corrected chi connectivity index (χ2v) is 7.47. The molecule has 2 unspecified atom stereocenters. The minimum Gasteiger partial charge on any atom is -0.444 e. The van der Waals surface area contributed by atoms with Gasteiger partial charge in [-0.3, -0.25) is 0 Å². The Kier molecular flexibility index (Phi) is 6.05. The van der Waals surface area contributed by atoms with Gasteiger partial charge in [-0.2, -0.15) is 0 Å². The zero-order chi connectivity index (χ0) is 16.9.